The third-order valence-electron chi connectivity index (χ3n) is 5.07. The Kier molecular flexibility index (Phi) is 4.76. The standard InChI is InChI=1S/C17H23FN2O4S/c1-25(23,24)20(15-6-2-5-14(18)10-15)12-16(21)19-9-3-4-13(11-19)17(22)7-8-17/h2,5-6,10,13,22H,3-4,7-9,11-12H2,1H3. The maximum Gasteiger partial charge on any atom is 0.243 e. The predicted octanol–water partition coefficient (Wildman–Crippen LogP) is 1.36. The molecule has 1 N–H and O–H groups in total. The molecule has 0 spiro atoms. The molecule has 1 aromatic rings. The van der Waals surface area contributed by atoms with Crippen molar-refractivity contribution >= 4 is 21.6 Å². The normalized spacial score (nSPS) is 22.5. The second-order valence-electron chi connectivity index (χ2n) is 7.03. The summed E-state index contributed by atoms with van der Waals surface area (Å²) in [6, 6.07) is 5.19. The number of nitrogens with zero attached hydrogens (tertiary/aromatic N) is 2. The van der Waals surface area contributed by atoms with Crippen LogP contribution in [-0.4, -0.2) is 55.8 Å². The SMILES string of the molecule is CS(=O)(=O)N(CC(=O)N1CCCC(C2(O)CC2)C1)c1cccc(F)c1. The maximum atomic E-state index is 13.5. The Labute approximate surface area is 147 Å². The Morgan fingerprint density at radius 2 is 2.16 bits per heavy atom. The topological polar surface area (TPSA) is 77.9 Å². The predicted molar refractivity (Wildman–Crippen MR) is 92.1 cm³/mol. The van der Waals surface area contributed by atoms with E-state index in [1.54, 1.807) is 4.90 Å². The lowest BCUT2D eigenvalue weighted by molar-refractivity contribution is -0.132. The highest BCUT2D eigenvalue weighted by molar-refractivity contribution is 7.92. The second-order valence-corrected chi connectivity index (χ2v) is 8.94. The van der Waals surface area contributed by atoms with Crippen LogP contribution in [0.1, 0.15) is 25.7 Å². The highest BCUT2D eigenvalue weighted by atomic mass is 32.2. The first-order chi connectivity index (χ1) is 11.7. The number of amides is 1. The van der Waals surface area contributed by atoms with Crippen LogP contribution in [0.4, 0.5) is 10.1 Å². The van der Waals surface area contributed by atoms with Gasteiger partial charge in [0.1, 0.15) is 12.4 Å². The number of anilines is 1. The van der Waals surface area contributed by atoms with Crippen LogP contribution in [0.25, 0.3) is 0 Å². The summed E-state index contributed by atoms with van der Waals surface area (Å²) in [5.74, 6) is -0.845. The van der Waals surface area contributed by atoms with Crippen molar-refractivity contribution in [1.29, 1.82) is 0 Å². The van der Waals surface area contributed by atoms with E-state index in [9.17, 15) is 22.7 Å². The van der Waals surface area contributed by atoms with Gasteiger partial charge in [-0.2, -0.15) is 0 Å². The summed E-state index contributed by atoms with van der Waals surface area (Å²) in [5.41, 5.74) is -0.525. The number of halogens is 1. The van der Waals surface area contributed by atoms with Gasteiger partial charge in [-0.1, -0.05) is 6.07 Å². The van der Waals surface area contributed by atoms with Crippen molar-refractivity contribution in [1.82, 2.24) is 4.90 Å². The van der Waals surface area contributed by atoms with E-state index < -0.39 is 21.4 Å². The van der Waals surface area contributed by atoms with E-state index >= 15 is 0 Å². The molecule has 0 radical (unpaired) electrons. The number of aliphatic hydroxyl groups is 1. The molecule has 2 fully saturated rings. The summed E-state index contributed by atoms with van der Waals surface area (Å²) in [7, 11) is -3.73. The van der Waals surface area contributed by atoms with Crippen LogP contribution in [0.3, 0.4) is 0 Å². The molecular weight excluding hydrogens is 347 g/mol. The zero-order valence-electron chi connectivity index (χ0n) is 14.2. The van der Waals surface area contributed by atoms with Crippen LogP contribution < -0.4 is 4.31 Å². The van der Waals surface area contributed by atoms with Gasteiger partial charge in [0.2, 0.25) is 15.9 Å². The Morgan fingerprint density at radius 3 is 2.76 bits per heavy atom. The zero-order valence-corrected chi connectivity index (χ0v) is 15.0. The van der Waals surface area contributed by atoms with E-state index in [0.717, 1.165) is 42.3 Å². The number of rotatable bonds is 5. The van der Waals surface area contributed by atoms with Crippen LogP contribution >= 0.6 is 0 Å². The van der Waals surface area contributed by atoms with Crippen LogP contribution in [0.15, 0.2) is 24.3 Å². The summed E-state index contributed by atoms with van der Waals surface area (Å²) >= 11 is 0. The summed E-state index contributed by atoms with van der Waals surface area (Å²) in [4.78, 5) is 14.3. The molecule has 1 saturated carbocycles. The van der Waals surface area contributed by atoms with Crippen molar-refractivity contribution in [3.05, 3.63) is 30.1 Å². The molecule has 1 aliphatic carbocycles. The van der Waals surface area contributed by atoms with Crippen LogP contribution in [0.5, 0.6) is 0 Å². The Bertz CT molecular complexity index is 764. The molecule has 1 saturated heterocycles. The first-order valence-electron chi connectivity index (χ1n) is 8.42. The van der Waals surface area contributed by atoms with Gasteiger partial charge in [-0.05, 0) is 43.9 Å². The zero-order chi connectivity index (χ0) is 18.2. The van der Waals surface area contributed by atoms with Gasteiger partial charge in [-0.15, -0.1) is 0 Å². The van der Waals surface area contributed by atoms with Crippen molar-refractivity contribution in [2.45, 2.75) is 31.3 Å². The maximum absolute atomic E-state index is 13.5. The summed E-state index contributed by atoms with van der Waals surface area (Å²) in [6.07, 6.45) is 4.19. The fourth-order valence-corrected chi connectivity index (χ4v) is 4.27. The fraction of sp³-hybridized carbons (Fsp3) is 0.588. The van der Waals surface area contributed by atoms with Crippen molar-refractivity contribution in [3.63, 3.8) is 0 Å². The van der Waals surface area contributed by atoms with Crippen molar-refractivity contribution in [2.24, 2.45) is 5.92 Å². The smallest absolute Gasteiger partial charge is 0.243 e. The number of carbonyl (C=O) groups is 1. The molecule has 1 heterocycles. The largest absolute Gasteiger partial charge is 0.390 e. The number of likely N-dealkylation sites (tertiary alicyclic amines) is 1. The van der Waals surface area contributed by atoms with E-state index in [4.69, 9.17) is 0 Å². The van der Waals surface area contributed by atoms with Crippen LogP contribution in [0, 0.1) is 11.7 Å². The van der Waals surface area contributed by atoms with Gasteiger partial charge in [0, 0.05) is 19.0 Å². The fourth-order valence-electron chi connectivity index (χ4n) is 3.43. The second kappa shape index (κ2) is 6.57. The average molecular weight is 370 g/mol. The molecule has 3 rings (SSSR count). The molecule has 1 unspecified atom stereocenters. The van der Waals surface area contributed by atoms with Gasteiger partial charge in [0.15, 0.2) is 0 Å². The molecule has 1 atom stereocenters. The van der Waals surface area contributed by atoms with Crippen LogP contribution in [-0.2, 0) is 14.8 Å². The molecule has 2 aliphatic rings. The lowest BCUT2D eigenvalue weighted by Crippen LogP contribution is -2.48. The Balaban J connectivity index is 1.74. The molecule has 6 nitrogen and oxygen atoms in total. The third-order valence-corrected chi connectivity index (χ3v) is 6.21. The number of hydrogen-bond acceptors (Lipinski definition) is 4. The van der Waals surface area contributed by atoms with E-state index in [0.29, 0.717) is 13.1 Å². The van der Waals surface area contributed by atoms with Gasteiger partial charge in [-0.25, -0.2) is 12.8 Å². The summed E-state index contributed by atoms with van der Waals surface area (Å²) in [6.45, 7) is 0.621. The molecule has 1 aromatic carbocycles. The quantitative estimate of drug-likeness (QED) is 0.849. The monoisotopic (exact) mass is 370 g/mol. The van der Waals surface area contributed by atoms with E-state index in [2.05, 4.69) is 0 Å². The lowest BCUT2D eigenvalue weighted by Gasteiger charge is -2.36. The molecule has 25 heavy (non-hydrogen) atoms. The van der Waals surface area contributed by atoms with Crippen molar-refractivity contribution in [3.8, 4) is 0 Å². The first-order valence-corrected chi connectivity index (χ1v) is 10.3. The molecule has 8 heteroatoms. The number of hydrogen-bond donors (Lipinski definition) is 1. The minimum atomic E-state index is -3.73. The number of piperidine rings is 1. The molecular formula is C17H23FN2O4S. The van der Waals surface area contributed by atoms with Crippen molar-refractivity contribution < 1.29 is 22.7 Å². The van der Waals surface area contributed by atoms with Gasteiger partial charge < -0.3 is 10.0 Å². The molecule has 0 bridgehead atoms. The Morgan fingerprint density at radius 1 is 1.44 bits per heavy atom. The van der Waals surface area contributed by atoms with Gasteiger partial charge in [-0.3, -0.25) is 9.10 Å². The van der Waals surface area contributed by atoms with Gasteiger partial charge >= 0.3 is 0 Å². The van der Waals surface area contributed by atoms with Gasteiger partial charge in [0.05, 0.1) is 17.5 Å². The lowest BCUT2D eigenvalue weighted by atomic mass is 9.90. The third kappa shape index (κ3) is 4.12. The first kappa shape index (κ1) is 18.1. The minimum Gasteiger partial charge on any atom is -0.390 e. The average Bonchev–Trinajstić information content (AvgIpc) is 3.30. The highest BCUT2D eigenvalue weighted by Gasteiger charge is 2.49. The van der Waals surface area contributed by atoms with Crippen molar-refractivity contribution in [2.75, 3.05) is 30.2 Å². The number of benzene rings is 1. The van der Waals surface area contributed by atoms with Crippen LogP contribution in [0.2, 0.25) is 0 Å². The Hall–Kier alpha value is -1.67. The highest BCUT2D eigenvalue weighted by Crippen LogP contribution is 2.45. The number of carbonyl (C=O) groups excluding carboxylic acids is 1. The molecule has 138 valence electrons. The summed E-state index contributed by atoms with van der Waals surface area (Å²) in [5, 5.41) is 10.3. The molecule has 1 aliphatic heterocycles. The molecule has 1 amide bonds. The number of sulfonamides is 1. The van der Waals surface area contributed by atoms with E-state index in [-0.39, 0.29) is 24.1 Å². The minimum absolute atomic E-state index is 0.0473. The molecule has 0 aromatic heterocycles. The van der Waals surface area contributed by atoms with Gasteiger partial charge in [0.25, 0.3) is 0 Å². The van der Waals surface area contributed by atoms with E-state index in [1.807, 2.05) is 0 Å². The van der Waals surface area contributed by atoms with E-state index in [1.165, 1.54) is 18.2 Å². The summed E-state index contributed by atoms with van der Waals surface area (Å²) < 4.78 is 38.6.